The lowest BCUT2D eigenvalue weighted by molar-refractivity contribution is 0.0717. The average Bonchev–Trinajstić information content (AvgIpc) is 3.14. The van der Waals surface area contributed by atoms with E-state index in [9.17, 15) is 9.18 Å². The van der Waals surface area contributed by atoms with Crippen molar-refractivity contribution in [1.82, 2.24) is 10.2 Å². The summed E-state index contributed by atoms with van der Waals surface area (Å²) in [4.78, 5) is 14.6. The van der Waals surface area contributed by atoms with Crippen molar-refractivity contribution < 1.29 is 13.6 Å². The van der Waals surface area contributed by atoms with Gasteiger partial charge >= 0.3 is 0 Å². The van der Waals surface area contributed by atoms with E-state index in [1.165, 1.54) is 18.6 Å². The lowest BCUT2D eigenvalue weighted by Gasteiger charge is -2.23. The highest BCUT2D eigenvalue weighted by molar-refractivity contribution is 5.92. The average molecular weight is 314 g/mol. The Morgan fingerprint density at radius 2 is 1.87 bits per heavy atom. The maximum absolute atomic E-state index is 13.0. The van der Waals surface area contributed by atoms with Gasteiger partial charge in [-0.05, 0) is 55.7 Å². The monoisotopic (exact) mass is 314 g/mol. The first-order chi connectivity index (χ1) is 11.2. The van der Waals surface area contributed by atoms with Gasteiger partial charge in [0.2, 0.25) is 0 Å². The van der Waals surface area contributed by atoms with E-state index >= 15 is 0 Å². The van der Waals surface area contributed by atoms with Crippen LogP contribution >= 0.6 is 0 Å². The minimum atomic E-state index is -0.288. The lowest BCUT2D eigenvalue weighted by atomic mass is 10.1. The van der Waals surface area contributed by atoms with E-state index in [1.807, 2.05) is 4.90 Å². The van der Waals surface area contributed by atoms with Crippen molar-refractivity contribution >= 4 is 5.91 Å². The SMILES string of the molecule is O=C(c1ccc(-c2ccc(F)cc2)o1)N1CCC2CCC(C1)N2. The number of nitrogens with one attached hydrogen (secondary N) is 1. The standard InChI is InChI=1S/C18H19FN2O2/c19-13-3-1-12(2-4-13)16-7-8-17(23-16)18(22)21-10-9-14-5-6-15(11-21)20-14/h1-4,7-8,14-15,20H,5-6,9-11H2. The molecule has 2 aliphatic heterocycles. The number of fused-ring (bicyclic) bond motifs is 2. The van der Waals surface area contributed by atoms with Crippen LogP contribution in [-0.4, -0.2) is 36.0 Å². The van der Waals surface area contributed by atoms with Crippen molar-refractivity contribution in [1.29, 1.82) is 0 Å². The van der Waals surface area contributed by atoms with Crippen molar-refractivity contribution in [3.05, 3.63) is 48.0 Å². The number of amides is 1. The largest absolute Gasteiger partial charge is 0.451 e. The first-order valence-corrected chi connectivity index (χ1v) is 8.10. The fraction of sp³-hybridized carbons (Fsp3) is 0.389. The van der Waals surface area contributed by atoms with Gasteiger partial charge in [0.05, 0.1) is 0 Å². The summed E-state index contributed by atoms with van der Waals surface area (Å²) in [5, 5.41) is 3.57. The molecule has 4 nitrogen and oxygen atoms in total. The highest BCUT2D eigenvalue weighted by atomic mass is 19.1. The second-order valence-electron chi connectivity index (χ2n) is 6.35. The molecule has 1 aromatic heterocycles. The lowest BCUT2D eigenvalue weighted by Crippen LogP contribution is -2.38. The fourth-order valence-corrected chi connectivity index (χ4v) is 3.51. The molecule has 1 amide bonds. The highest BCUT2D eigenvalue weighted by Gasteiger charge is 2.32. The van der Waals surface area contributed by atoms with Crippen LogP contribution in [0.3, 0.4) is 0 Å². The molecule has 2 unspecified atom stereocenters. The molecular weight excluding hydrogens is 295 g/mol. The molecule has 2 saturated heterocycles. The first kappa shape index (κ1) is 14.5. The van der Waals surface area contributed by atoms with Gasteiger partial charge in [-0.2, -0.15) is 0 Å². The highest BCUT2D eigenvalue weighted by Crippen LogP contribution is 2.25. The van der Waals surface area contributed by atoms with E-state index < -0.39 is 0 Å². The van der Waals surface area contributed by atoms with Gasteiger partial charge in [-0.3, -0.25) is 4.79 Å². The third-order valence-electron chi connectivity index (χ3n) is 4.76. The molecular formula is C18H19FN2O2. The molecule has 2 aromatic rings. The van der Waals surface area contributed by atoms with Crippen LogP contribution in [0.15, 0.2) is 40.8 Å². The van der Waals surface area contributed by atoms with E-state index in [1.54, 1.807) is 24.3 Å². The summed E-state index contributed by atoms with van der Waals surface area (Å²) in [5.41, 5.74) is 0.766. The molecule has 1 aromatic carbocycles. The minimum Gasteiger partial charge on any atom is -0.451 e. The Balaban J connectivity index is 1.51. The van der Waals surface area contributed by atoms with Crippen molar-refractivity contribution in [2.75, 3.05) is 13.1 Å². The number of carbonyl (C=O) groups is 1. The molecule has 2 bridgehead atoms. The van der Waals surface area contributed by atoms with Gasteiger partial charge in [0, 0.05) is 30.7 Å². The quantitative estimate of drug-likeness (QED) is 0.926. The summed E-state index contributed by atoms with van der Waals surface area (Å²) in [6, 6.07) is 10.5. The van der Waals surface area contributed by atoms with Crippen LogP contribution in [0, 0.1) is 5.82 Å². The summed E-state index contributed by atoms with van der Waals surface area (Å²) in [6.07, 6.45) is 3.34. The number of nitrogens with zero attached hydrogens (tertiary/aromatic N) is 1. The van der Waals surface area contributed by atoms with E-state index in [-0.39, 0.29) is 11.7 Å². The Bertz CT molecular complexity index is 710. The number of furan rings is 1. The maximum Gasteiger partial charge on any atom is 0.289 e. The molecule has 5 heteroatoms. The number of benzene rings is 1. The zero-order chi connectivity index (χ0) is 15.8. The predicted octanol–water partition coefficient (Wildman–Crippen LogP) is 3.05. The van der Waals surface area contributed by atoms with E-state index in [0.717, 1.165) is 31.5 Å². The van der Waals surface area contributed by atoms with Crippen LogP contribution in [0.25, 0.3) is 11.3 Å². The predicted molar refractivity (Wildman–Crippen MR) is 84.6 cm³/mol. The van der Waals surface area contributed by atoms with Crippen LogP contribution in [0.2, 0.25) is 0 Å². The van der Waals surface area contributed by atoms with Crippen LogP contribution in [0.1, 0.15) is 29.8 Å². The smallest absolute Gasteiger partial charge is 0.289 e. The Morgan fingerprint density at radius 3 is 2.70 bits per heavy atom. The molecule has 0 spiro atoms. The Labute approximate surface area is 134 Å². The summed E-state index contributed by atoms with van der Waals surface area (Å²) in [7, 11) is 0. The number of hydrogen-bond donors (Lipinski definition) is 1. The van der Waals surface area contributed by atoms with Gasteiger partial charge in [0.25, 0.3) is 5.91 Å². The van der Waals surface area contributed by atoms with Crippen molar-refractivity contribution in [3.63, 3.8) is 0 Å². The number of carbonyl (C=O) groups excluding carboxylic acids is 1. The normalized spacial score (nSPS) is 23.8. The molecule has 2 atom stereocenters. The summed E-state index contributed by atoms with van der Waals surface area (Å²) >= 11 is 0. The molecule has 0 radical (unpaired) electrons. The molecule has 4 rings (SSSR count). The third kappa shape index (κ3) is 2.88. The Morgan fingerprint density at radius 1 is 1.09 bits per heavy atom. The zero-order valence-corrected chi connectivity index (χ0v) is 12.8. The number of hydrogen-bond acceptors (Lipinski definition) is 3. The number of rotatable bonds is 2. The van der Waals surface area contributed by atoms with Gasteiger partial charge in [-0.15, -0.1) is 0 Å². The Kier molecular flexibility index (Phi) is 3.65. The van der Waals surface area contributed by atoms with E-state index in [4.69, 9.17) is 4.42 Å². The van der Waals surface area contributed by atoms with Crippen molar-refractivity contribution in [3.8, 4) is 11.3 Å². The van der Waals surface area contributed by atoms with E-state index in [0.29, 0.717) is 23.6 Å². The minimum absolute atomic E-state index is 0.0623. The fourth-order valence-electron chi connectivity index (χ4n) is 3.51. The number of likely N-dealkylation sites (tertiary alicyclic amines) is 1. The number of halogens is 1. The van der Waals surface area contributed by atoms with Gasteiger partial charge in [0.15, 0.2) is 5.76 Å². The summed E-state index contributed by atoms with van der Waals surface area (Å²) < 4.78 is 18.7. The van der Waals surface area contributed by atoms with Gasteiger partial charge in [-0.1, -0.05) is 0 Å². The molecule has 3 heterocycles. The van der Waals surface area contributed by atoms with E-state index in [2.05, 4.69) is 5.32 Å². The summed E-state index contributed by atoms with van der Waals surface area (Å²) in [5.74, 6) is 0.585. The van der Waals surface area contributed by atoms with Crippen LogP contribution in [-0.2, 0) is 0 Å². The van der Waals surface area contributed by atoms with Gasteiger partial charge < -0.3 is 14.6 Å². The molecule has 0 aliphatic carbocycles. The van der Waals surface area contributed by atoms with Crippen molar-refractivity contribution in [2.24, 2.45) is 0 Å². The molecule has 2 aliphatic rings. The van der Waals surface area contributed by atoms with Gasteiger partial charge in [0.1, 0.15) is 11.6 Å². The topological polar surface area (TPSA) is 45.5 Å². The van der Waals surface area contributed by atoms with Crippen LogP contribution in [0.4, 0.5) is 4.39 Å². The molecule has 2 fully saturated rings. The van der Waals surface area contributed by atoms with Crippen LogP contribution in [0.5, 0.6) is 0 Å². The maximum atomic E-state index is 13.0. The van der Waals surface area contributed by atoms with Gasteiger partial charge in [-0.25, -0.2) is 4.39 Å². The molecule has 0 saturated carbocycles. The third-order valence-corrected chi connectivity index (χ3v) is 4.76. The van der Waals surface area contributed by atoms with Crippen LogP contribution < -0.4 is 5.32 Å². The molecule has 120 valence electrons. The second-order valence-corrected chi connectivity index (χ2v) is 6.35. The molecule has 23 heavy (non-hydrogen) atoms. The second kappa shape index (κ2) is 5.81. The molecule has 1 N–H and O–H groups in total. The summed E-state index contributed by atoms with van der Waals surface area (Å²) in [6.45, 7) is 1.50. The van der Waals surface area contributed by atoms with Crippen molar-refractivity contribution in [2.45, 2.75) is 31.3 Å². The zero-order valence-electron chi connectivity index (χ0n) is 12.8. The first-order valence-electron chi connectivity index (χ1n) is 8.10. The Hall–Kier alpha value is -2.14.